The van der Waals surface area contributed by atoms with E-state index in [2.05, 4.69) is 34.4 Å². The van der Waals surface area contributed by atoms with Gasteiger partial charge < -0.3 is 50.9 Å². The number of aromatic nitrogens is 4. The van der Waals surface area contributed by atoms with Gasteiger partial charge in [0.05, 0.1) is 19.5 Å². The molecule has 0 saturated carbocycles. The number of fused-ring (bicyclic) bond motifs is 1. The molecule has 28 heteroatoms. The van der Waals surface area contributed by atoms with Gasteiger partial charge in [0.15, 0.2) is 17.7 Å². The summed E-state index contributed by atoms with van der Waals surface area (Å²) in [5.41, 5.74) is 4.97. The number of thioether (sulfide) groups is 1. The van der Waals surface area contributed by atoms with Crippen molar-refractivity contribution in [1.29, 1.82) is 0 Å². The van der Waals surface area contributed by atoms with Gasteiger partial charge >= 0.3 is 23.5 Å². The minimum atomic E-state index is -5.57. The van der Waals surface area contributed by atoms with E-state index in [0.717, 1.165) is 29.0 Å². The van der Waals surface area contributed by atoms with Gasteiger partial charge in [0.2, 0.25) is 16.9 Å². The summed E-state index contributed by atoms with van der Waals surface area (Å²) in [5, 5.41) is 26.3. The molecule has 0 aromatic carbocycles. The van der Waals surface area contributed by atoms with Crippen molar-refractivity contribution >= 4 is 69.1 Å². The zero-order chi connectivity index (χ0) is 41.5. The third kappa shape index (κ3) is 13.0. The molecule has 0 radical (unpaired) electrons. The van der Waals surface area contributed by atoms with E-state index in [-0.39, 0.29) is 41.6 Å². The molecule has 2 amide bonds. The summed E-state index contributed by atoms with van der Waals surface area (Å²) in [4.78, 5) is 87.8. The Morgan fingerprint density at radius 3 is 2.46 bits per heavy atom. The van der Waals surface area contributed by atoms with Gasteiger partial charge in [0.25, 0.3) is 0 Å². The number of nitrogens with two attached hydrogens (primary N) is 1. The Morgan fingerprint density at radius 1 is 1.07 bits per heavy atom. The zero-order valence-electron chi connectivity index (χ0n) is 29.7. The van der Waals surface area contributed by atoms with Crippen molar-refractivity contribution in [2.75, 3.05) is 37.8 Å². The fourth-order valence-electron chi connectivity index (χ4n) is 5.13. The number of anilines is 1. The van der Waals surface area contributed by atoms with Crippen LogP contribution in [0.4, 0.5) is 5.82 Å². The minimum absolute atomic E-state index is 0.0306. The number of ether oxygens (including phenoxy) is 1. The van der Waals surface area contributed by atoms with E-state index in [9.17, 15) is 57.9 Å². The number of carbonyl (C=O) groups is 3. The summed E-state index contributed by atoms with van der Waals surface area (Å²) < 4.78 is 62.1. The Kier molecular flexibility index (Phi) is 15.7. The molecule has 2 aromatic heterocycles. The van der Waals surface area contributed by atoms with Crippen LogP contribution in [0.2, 0.25) is 0 Å². The molecule has 1 fully saturated rings. The van der Waals surface area contributed by atoms with Crippen LogP contribution in [0.25, 0.3) is 11.2 Å². The molecule has 1 aliphatic heterocycles. The molecular formula is C28H42N7O17P3S. The van der Waals surface area contributed by atoms with E-state index in [1.807, 2.05) is 18.2 Å². The van der Waals surface area contributed by atoms with E-state index in [1.165, 1.54) is 13.8 Å². The topological polar surface area (TPSA) is 364 Å². The van der Waals surface area contributed by atoms with E-state index in [0.29, 0.717) is 24.2 Å². The number of nitrogens with one attached hydrogen (secondary N) is 2. The average Bonchev–Trinajstić information content (AvgIpc) is 3.68. The molecule has 0 spiro atoms. The van der Waals surface area contributed by atoms with E-state index < -0.39 is 84.6 Å². The maximum Gasteiger partial charge on any atom is 0.481 e. The number of nitrogens with zero attached hydrogens (tertiary/aromatic N) is 4. The Balaban J connectivity index is 1.23. The van der Waals surface area contributed by atoms with Crippen LogP contribution in [0.1, 0.15) is 39.3 Å². The van der Waals surface area contributed by atoms with Gasteiger partial charge in [-0.15, -0.1) is 0 Å². The van der Waals surface area contributed by atoms with Gasteiger partial charge in [-0.3, -0.25) is 32.5 Å². The third-order valence-electron chi connectivity index (χ3n) is 8.00. The molecule has 2 aliphatic rings. The number of rotatable bonds is 20. The molecule has 4 rings (SSSR count). The quantitative estimate of drug-likeness (QED) is 0.0478. The lowest BCUT2D eigenvalue weighted by Crippen LogP contribution is -2.46. The smallest absolute Gasteiger partial charge is 0.386 e. The molecule has 1 saturated heterocycles. The van der Waals surface area contributed by atoms with Gasteiger partial charge in [0.1, 0.15) is 36.3 Å². The minimum Gasteiger partial charge on any atom is -0.386 e. The summed E-state index contributed by atoms with van der Waals surface area (Å²) in [6.07, 6.45) is 0.0720. The highest BCUT2D eigenvalue weighted by Crippen LogP contribution is 2.61. The van der Waals surface area contributed by atoms with Crippen molar-refractivity contribution in [2.45, 2.75) is 63.8 Å². The molecule has 10 N–H and O–H groups in total. The number of carbonyl (C=O) groups excluding carboxylic acids is 3. The van der Waals surface area contributed by atoms with Crippen molar-refractivity contribution in [2.24, 2.45) is 5.41 Å². The second kappa shape index (κ2) is 19.2. The Morgan fingerprint density at radius 2 is 1.79 bits per heavy atom. The number of allylic oxidation sites excluding steroid dienone is 3. The lowest BCUT2D eigenvalue weighted by Gasteiger charge is -2.30. The predicted octanol–water partition coefficient (Wildman–Crippen LogP) is -0.0589. The zero-order valence-corrected chi connectivity index (χ0v) is 33.2. The number of imidazole rings is 1. The van der Waals surface area contributed by atoms with Crippen molar-refractivity contribution in [3.63, 3.8) is 0 Å². The van der Waals surface area contributed by atoms with Crippen LogP contribution in [-0.2, 0) is 50.7 Å². The number of amides is 2. The number of hydrogen-bond acceptors (Lipinski definition) is 18. The van der Waals surface area contributed by atoms with Crippen molar-refractivity contribution < 1.29 is 80.5 Å². The SMILES string of the molecule is CC(C)(COP(=O)(O)OP(=O)(O)OC[C@H]1O[C@@H](n2cnc3c(N)ncnc32)[C@H](O)[C@@H]1OP(=O)(O)O)C(O)C(=O)NCCC(=O)NCCSC(=O)C1=CCC=CC1. The average molecular weight is 874 g/mol. The molecule has 1 aliphatic carbocycles. The number of aliphatic hydroxyl groups is 2. The maximum atomic E-state index is 12.7. The van der Waals surface area contributed by atoms with Crippen LogP contribution in [0.3, 0.4) is 0 Å². The van der Waals surface area contributed by atoms with E-state index in [1.54, 1.807) is 0 Å². The molecule has 3 heterocycles. The van der Waals surface area contributed by atoms with Crippen LogP contribution in [-0.4, -0.2) is 123 Å². The largest absolute Gasteiger partial charge is 0.481 e. The highest BCUT2D eigenvalue weighted by Gasteiger charge is 2.50. The van der Waals surface area contributed by atoms with Crippen LogP contribution in [0.15, 0.2) is 36.5 Å². The van der Waals surface area contributed by atoms with Crippen molar-refractivity contribution in [3.8, 4) is 0 Å². The standard InChI is InChI=1S/C28H42N7O17P3S/c1-28(2,22(38)25(39)31-9-8-18(36)30-10-11-56-27(40)16-6-4-3-5-7-16)13-49-55(46,47)52-54(44,45)48-12-17-21(51-53(41,42)43)20(37)26(50-17)35-15-34-19-23(29)32-14-33-24(19)35/h3-4,7,14-15,17,20-22,26,37-38H,5-6,8-13H2,1-2H3,(H,30,36)(H,31,39)(H,44,45)(H,46,47)(H2,29,32,33)(H2,41,42,43)/t17-,20-,21-,22?,26-/m1/s1. The first kappa shape index (κ1) is 45.7. The first-order valence-corrected chi connectivity index (χ1v) is 22.0. The molecule has 0 bridgehead atoms. The number of nitrogen functional groups attached to an aromatic ring is 1. The van der Waals surface area contributed by atoms with Gasteiger partial charge in [-0.25, -0.2) is 28.6 Å². The van der Waals surface area contributed by atoms with Crippen molar-refractivity contribution in [3.05, 3.63) is 36.5 Å². The van der Waals surface area contributed by atoms with Gasteiger partial charge in [-0.05, 0) is 12.8 Å². The van der Waals surface area contributed by atoms with Crippen molar-refractivity contribution in [1.82, 2.24) is 30.2 Å². The highest BCUT2D eigenvalue weighted by molar-refractivity contribution is 8.14. The Labute approximate surface area is 322 Å². The van der Waals surface area contributed by atoms with Gasteiger partial charge in [-0.1, -0.05) is 43.8 Å². The van der Waals surface area contributed by atoms with Crippen LogP contribution < -0.4 is 16.4 Å². The highest BCUT2D eigenvalue weighted by atomic mass is 32.2. The monoisotopic (exact) mass is 873 g/mol. The fourth-order valence-corrected chi connectivity index (χ4v) is 8.70. The lowest BCUT2D eigenvalue weighted by atomic mass is 9.87. The first-order chi connectivity index (χ1) is 26.1. The Bertz CT molecular complexity index is 1960. The second-order valence-electron chi connectivity index (χ2n) is 12.8. The Hall–Kier alpha value is -2.96. The third-order valence-corrected chi connectivity index (χ3v) is 12.0. The molecule has 24 nitrogen and oxygen atoms in total. The maximum absolute atomic E-state index is 12.7. The summed E-state index contributed by atoms with van der Waals surface area (Å²) in [6.45, 7) is 0.496. The summed E-state index contributed by atoms with van der Waals surface area (Å²) in [6, 6.07) is 0. The number of phosphoric acid groups is 3. The fraction of sp³-hybridized carbons (Fsp3) is 0.571. The van der Waals surface area contributed by atoms with Gasteiger partial charge in [-0.2, -0.15) is 4.31 Å². The van der Waals surface area contributed by atoms with E-state index in [4.69, 9.17) is 19.5 Å². The second-order valence-corrected chi connectivity index (χ2v) is 18.1. The molecule has 2 aromatic rings. The summed E-state index contributed by atoms with van der Waals surface area (Å²) in [7, 11) is -16.4. The summed E-state index contributed by atoms with van der Waals surface area (Å²) in [5.74, 6) is -1.11. The molecule has 3 unspecified atom stereocenters. The normalized spacial score (nSPS) is 22.9. The van der Waals surface area contributed by atoms with E-state index >= 15 is 0 Å². The molecule has 56 heavy (non-hydrogen) atoms. The van der Waals surface area contributed by atoms with Crippen LogP contribution in [0, 0.1) is 5.41 Å². The van der Waals surface area contributed by atoms with Crippen LogP contribution >= 0.6 is 35.2 Å². The molecular weight excluding hydrogens is 831 g/mol. The van der Waals surface area contributed by atoms with Gasteiger partial charge in [0, 0.05) is 36.3 Å². The first-order valence-electron chi connectivity index (χ1n) is 16.5. The predicted molar refractivity (Wildman–Crippen MR) is 194 cm³/mol. The number of hydrogen-bond donors (Lipinski definition) is 9. The van der Waals surface area contributed by atoms with Crippen LogP contribution in [0.5, 0.6) is 0 Å². The lowest BCUT2D eigenvalue weighted by molar-refractivity contribution is -0.137. The number of aliphatic hydroxyl groups excluding tert-OH is 2. The molecule has 312 valence electrons. The summed E-state index contributed by atoms with van der Waals surface area (Å²) >= 11 is 1.07. The number of phosphoric ester groups is 3. The molecule has 7 atom stereocenters.